The third-order valence-corrected chi connectivity index (χ3v) is 4.25. The smallest absolute Gasteiger partial charge is 0.258 e. The van der Waals surface area contributed by atoms with Crippen LogP contribution in [0.2, 0.25) is 5.02 Å². The summed E-state index contributed by atoms with van der Waals surface area (Å²) in [5.74, 6) is 1.27. The van der Waals surface area contributed by atoms with Crippen molar-refractivity contribution >= 4 is 34.8 Å². The predicted molar refractivity (Wildman–Crippen MR) is 109 cm³/mol. The molecule has 0 aliphatic rings. The molecule has 0 radical (unpaired) electrons. The summed E-state index contributed by atoms with van der Waals surface area (Å²) >= 11 is 5.99. The fourth-order valence-electron chi connectivity index (χ4n) is 2.46. The average Bonchev–Trinajstić information content (AvgIpc) is 2.71. The maximum atomic E-state index is 12.4. The van der Waals surface area contributed by atoms with E-state index in [2.05, 4.69) is 20.6 Å². The zero-order valence-electron chi connectivity index (χ0n) is 15.6. The van der Waals surface area contributed by atoms with Crippen LogP contribution in [0.3, 0.4) is 0 Å². The molecular formula is C20H19ClN4O3. The molecule has 1 amide bonds. The molecule has 1 aromatic heterocycles. The standard InChI is InChI=1S/C20H19ClN4O3/c1-12-4-5-14(21)8-17(12)24-19(26)13-10-22-20(23-11-13)25-16-7-6-15(27-2)9-18(16)28-3/h4-11H,1-3H3,(H,24,26)(H,22,23,25). The maximum Gasteiger partial charge on any atom is 0.258 e. The van der Waals surface area contributed by atoms with Crippen molar-refractivity contribution in [3.05, 3.63) is 64.9 Å². The minimum absolute atomic E-state index is 0.320. The molecule has 0 atom stereocenters. The van der Waals surface area contributed by atoms with Crippen LogP contribution in [0.4, 0.5) is 17.3 Å². The van der Waals surface area contributed by atoms with E-state index in [1.165, 1.54) is 12.4 Å². The highest BCUT2D eigenvalue weighted by Crippen LogP contribution is 2.30. The van der Waals surface area contributed by atoms with Crippen LogP contribution in [0.5, 0.6) is 11.5 Å². The van der Waals surface area contributed by atoms with Gasteiger partial charge in [-0.1, -0.05) is 17.7 Å². The Bertz CT molecular complexity index is 993. The molecule has 144 valence electrons. The topological polar surface area (TPSA) is 85.4 Å². The van der Waals surface area contributed by atoms with E-state index in [1.54, 1.807) is 44.6 Å². The number of nitrogens with zero attached hydrogens (tertiary/aromatic N) is 2. The van der Waals surface area contributed by atoms with Gasteiger partial charge in [-0.15, -0.1) is 0 Å². The van der Waals surface area contributed by atoms with Crippen LogP contribution in [0, 0.1) is 6.92 Å². The van der Waals surface area contributed by atoms with E-state index in [0.717, 1.165) is 5.56 Å². The minimum atomic E-state index is -0.320. The van der Waals surface area contributed by atoms with Gasteiger partial charge in [0.05, 0.1) is 25.5 Å². The normalized spacial score (nSPS) is 10.3. The van der Waals surface area contributed by atoms with E-state index >= 15 is 0 Å². The van der Waals surface area contributed by atoms with Gasteiger partial charge in [0.1, 0.15) is 11.5 Å². The van der Waals surface area contributed by atoms with Crippen LogP contribution in [-0.2, 0) is 0 Å². The van der Waals surface area contributed by atoms with E-state index in [-0.39, 0.29) is 5.91 Å². The van der Waals surface area contributed by atoms with Crippen LogP contribution in [0.25, 0.3) is 0 Å². The molecule has 1 heterocycles. The summed E-state index contributed by atoms with van der Waals surface area (Å²) in [6.45, 7) is 1.89. The molecule has 28 heavy (non-hydrogen) atoms. The number of hydrogen-bond donors (Lipinski definition) is 2. The van der Waals surface area contributed by atoms with E-state index in [4.69, 9.17) is 21.1 Å². The molecule has 0 aliphatic heterocycles. The van der Waals surface area contributed by atoms with Crippen molar-refractivity contribution < 1.29 is 14.3 Å². The van der Waals surface area contributed by atoms with E-state index in [9.17, 15) is 4.79 Å². The molecule has 0 spiro atoms. The largest absolute Gasteiger partial charge is 0.497 e. The summed E-state index contributed by atoms with van der Waals surface area (Å²) < 4.78 is 10.5. The summed E-state index contributed by atoms with van der Waals surface area (Å²) in [6, 6.07) is 10.6. The van der Waals surface area contributed by atoms with Crippen molar-refractivity contribution in [2.75, 3.05) is 24.9 Å². The fraction of sp³-hybridized carbons (Fsp3) is 0.150. The van der Waals surface area contributed by atoms with Crippen molar-refractivity contribution in [2.24, 2.45) is 0 Å². The molecule has 0 unspecified atom stereocenters. The summed E-state index contributed by atoms with van der Waals surface area (Å²) in [5, 5.41) is 6.41. The monoisotopic (exact) mass is 398 g/mol. The third kappa shape index (κ3) is 4.50. The lowest BCUT2D eigenvalue weighted by Crippen LogP contribution is -2.14. The van der Waals surface area contributed by atoms with Crippen LogP contribution in [-0.4, -0.2) is 30.1 Å². The van der Waals surface area contributed by atoms with Gasteiger partial charge in [0, 0.05) is 29.2 Å². The molecular weight excluding hydrogens is 380 g/mol. The molecule has 2 N–H and O–H groups in total. The number of hydrogen-bond acceptors (Lipinski definition) is 6. The van der Waals surface area contributed by atoms with Gasteiger partial charge in [0.2, 0.25) is 5.95 Å². The lowest BCUT2D eigenvalue weighted by atomic mass is 10.2. The summed E-state index contributed by atoms with van der Waals surface area (Å²) in [6.07, 6.45) is 2.89. The number of methoxy groups -OCH3 is 2. The Hall–Kier alpha value is -3.32. The second-order valence-corrected chi connectivity index (χ2v) is 6.34. The van der Waals surface area contributed by atoms with Crippen molar-refractivity contribution in [1.82, 2.24) is 9.97 Å². The maximum absolute atomic E-state index is 12.4. The minimum Gasteiger partial charge on any atom is -0.497 e. The Morgan fingerprint density at radius 1 is 1.00 bits per heavy atom. The predicted octanol–water partition coefficient (Wildman–Crippen LogP) is 4.45. The van der Waals surface area contributed by atoms with E-state index in [1.807, 2.05) is 13.0 Å². The molecule has 7 nitrogen and oxygen atoms in total. The Morgan fingerprint density at radius 3 is 2.43 bits per heavy atom. The summed E-state index contributed by atoms with van der Waals surface area (Å²) in [7, 11) is 3.14. The molecule has 0 bridgehead atoms. The van der Waals surface area contributed by atoms with Crippen molar-refractivity contribution in [1.29, 1.82) is 0 Å². The highest BCUT2D eigenvalue weighted by Gasteiger charge is 2.11. The number of benzene rings is 2. The van der Waals surface area contributed by atoms with Crippen LogP contribution in [0.15, 0.2) is 48.8 Å². The van der Waals surface area contributed by atoms with Gasteiger partial charge < -0.3 is 20.1 Å². The molecule has 3 rings (SSSR count). The van der Waals surface area contributed by atoms with Crippen LogP contribution < -0.4 is 20.1 Å². The average molecular weight is 399 g/mol. The van der Waals surface area contributed by atoms with Crippen molar-refractivity contribution in [2.45, 2.75) is 6.92 Å². The number of carbonyl (C=O) groups is 1. The Labute approximate surface area is 167 Å². The highest BCUT2D eigenvalue weighted by atomic mass is 35.5. The zero-order chi connectivity index (χ0) is 20.1. The molecule has 3 aromatic rings. The zero-order valence-corrected chi connectivity index (χ0v) is 16.4. The first-order valence-corrected chi connectivity index (χ1v) is 8.76. The Balaban J connectivity index is 1.73. The van der Waals surface area contributed by atoms with Gasteiger partial charge in [-0.25, -0.2) is 9.97 Å². The quantitative estimate of drug-likeness (QED) is 0.638. The molecule has 0 aliphatic carbocycles. The van der Waals surface area contributed by atoms with Crippen molar-refractivity contribution in [3.63, 3.8) is 0 Å². The highest BCUT2D eigenvalue weighted by molar-refractivity contribution is 6.31. The van der Waals surface area contributed by atoms with Crippen LogP contribution in [0.1, 0.15) is 15.9 Å². The first kappa shape index (κ1) is 19.4. The molecule has 0 saturated carbocycles. The number of rotatable bonds is 6. The SMILES string of the molecule is COc1ccc(Nc2ncc(C(=O)Nc3cc(Cl)ccc3C)cn2)c(OC)c1. The number of ether oxygens (including phenoxy) is 2. The summed E-state index contributed by atoms with van der Waals surface area (Å²) in [5.41, 5.74) is 2.55. The third-order valence-electron chi connectivity index (χ3n) is 4.02. The van der Waals surface area contributed by atoms with Gasteiger partial charge in [0.15, 0.2) is 0 Å². The second-order valence-electron chi connectivity index (χ2n) is 5.90. The first-order chi connectivity index (χ1) is 13.5. The number of aromatic nitrogens is 2. The second kappa shape index (κ2) is 8.58. The number of anilines is 3. The van der Waals surface area contributed by atoms with E-state index in [0.29, 0.717) is 39.4 Å². The van der Waals surface area contributed by atoms with Gasteiger partial charge in [-0.2, -0.15) is 0 Å². The molecule has 8 heteroatoms. The number of halogens is 1. The number of amides is 1. The van der Waals surface area contributed by atoms with E-state index < -0.39 is 0 Å². The van der Waals surface area contributed by atoms with Gasteiger partial charge >= 0.3 is 0 Å². The van der Waals surface area contributed by atoms with Gasteiger partial charge in [-0.3, -0.25) is 4.79 Å². The Morgan fingerprint density at radius 2 is 1.75 bits per heavy atom. The van der Waals surface area contributed by atoms with Crippen LogP contribution >= 0.6 is 11.6 Å². The van der Waals surface area contributed by atoms with Gasteiger partial charge in [-0.05, 0) is 36.8 Å². The molecule has 0 saturated heterocycles. The lowest BCUT2D eigenvalue weighted by Gasteiger charge is -2.12. The molecule has 0 fully saturated rings. The Kier molecular flexibility index (Phi) is 5.96. The molecule has 2 aromatic carbocycles. The lowest BCUT2D eigenvalue weighted by molar-refractivity contribution is 0.102. The number of aryl methyl sites for hydroxylation is 1. The number of nitrogens with one attached hydrogen (secondary N) is 2. The first-order valence-electron chi connectivity index (χ1n) is 8.38. The fourth-order valence-corrected chi connectivity index (χ4v) is 2.63. The van der Waals surface area contributed by atoms with Gasteiger partial charge in [0.25, 0.3) is 5.91 Å². The van der Waals surface area contributed by atoms with Crippen molar-refractivity contribution in [3.8, 4) is 11.5 Å². The summed E-state index contributed by atoms with van der Waals surface area (Å²) in [4.78, 5) is 20.8. The number of carbonyl (C=O) groups excluding carboxylic acids is 1.